The maximum absolute atomic E-state index is 13.1. The number of carboxylic acid groups (broad SMARTS) is 1. The maximum atomic E-state index is 13.1. The predicted molar refractivity (Wildman–Crippen MR) is 44.0 cm³/mol. The van der Waals surface area contributed by atoms with Crippen LogP contribution in [-0.2, 0) is 14.6 Å². The van der Waals surface area contributed by atoms with Crippen LogP contribution in [0.5, 0.6) is 0 Å². The van der Waals surface area contributed by atoms with Crippen molar-refractivity contribution in [2.75, 3.05) is 11.5 Å². The molecule has 1 atom stereocenters. The molecule has 0 amide bonds. The monoisotopic (exact) mass is 228 g/mol. The Bertz CT molecular complexity index is 336. The Morgan fingerprint density at radius 1 is 1.50 bits per heavy atom. The number of sulfone groups is 1. The van der Waals surface area contributed by atoms with Gasteiger partial charge in [-0.25, -0.2) is 17.2 Å². The summed E-state index contributed by atoms with van der Waals surface area (Å²) in [6.07, 6.45) is -1.45. The van der Waals surface area contributed by atoms with Crippen molar-refractivity contribution < 1.29 is 27.1 Å². The Morgan fingerprint density at radius 3 is 2.43 bits per heavy atom. The van der Waals surface area contributed by atoms with Crippen molar-refractivity contribution in [2.45, 2.75) is 18.8 Å². The predicted octanol–water partition coefficient (Wildman–Crippen LogP) is 0.531. The lowest BCUT2D eigenvalue weighted by Crippen LogP contribution is -2.31. The molecule has 14 heavy (non-hydrogen) atoms. The highest BCUT2D eigenvalue weighted by atomic mass is 32.2. The molecule has 4 nitrogen and oxygen atoms in total. The standard InChI is InChI=1S/C7H10F2O4S/c8-7(9,3-6(10)11)5-1-2-14(12,13)4-5/h5H,1-4H2,(H,10,11). The van der Waals surface area contributed by atoms with Gasteiger partial charge in [0.05, 0.1) is 11.5 Å². The maximum Gasteiger partial charge on any atom is 0.309 e. The fourth-order valence-electron chi connectivity index (χ4n) is 1.47. The van der Waals surface area contributed by atoms with Crippen molar-refractivity contribution in [3.05, 3.63) is 0 Å². The van der Waals surface area contributed by atoms with E-state index in [4.69, 9.17) is 5.11 Å². The fraction of sp³-hybridized carbons (Fsp3) is 0.857. The second kappa shape index (κ2) is 3.45. The number of aliphatic carboxylic acids is 1. The second-order valence-corrected chi connectivity index (χ2v) is 5.66. The van der Waals surface area contributed by atoms with Gasteiger partial charge in [-0.05, 0) is 6.42 Å². The van der Waals surface area contributed by atoms with Gasteiger partial charge in [0.25, 0.3) is 5.92 Å². The third-order valence-corrected chi connectivity index (χ3v) is 3.98. The van der Waals surface area contributed by atoms with Crippen molar-refractivity contribution >= 4 is 15.8 Å². The summed E-state index contributed by atoms with van der Waals surface area (Å²) in [4.78, 5) is 10.1. The third-order valence-electron chi connectivity index (χ3n) is 2.22. The van der Waals surface area contributed by atoms with E-state index in [0.29, 0.717) is 0 Å². The average Bonchev–Trinajstić information content (AvgIpc) is 2.27. The molecule has 0 aromatic heterocycles. The molecule has 0 aromatic rings. The summed E-state index contributed by atoms with van der Waals surface area (Å²) in [5, 5.41) is 8.21. The van der Waals surface area contributed by atoms with E-state index in [1.165, 1.54) is 0 Å². The molecule has 0 aromatic carbocycles. The van der Waals surface area contributed by atoms with Crippen LogP contribution >= 0.6 is 0 Å². The molecule has 1 saturated heterocycles. The smallest absolute Gasteiger partial charge is 0.309 e. The molecule has 1 N–H and O–H groups in total. The van der Waals surface area contributed by atoms with Crippen LogP contribution in [0.4, 0.5) is 8.78 Å². The minimum absolute atomic E-state index is 0.150. The molecule has 1 heterocycles. The zero-order valence-corrected chi connectivity index (χ0v) is 8.06. The minimum Gasteiger partial charge on any atom is -0.481 e. The summed E-state index contributed by atoms with van der Waals surface area (Å²) >= 11 is 0. The molecule has 7 heteroatoms. The summed E-state index contributed by atoms with van der Waals surface area (Å²) < 4.78 is 47.9. The van der Waals surface area contributed by atoms with Crippen molar-refractivity contribution in [3.63, 3.8) is 0 Å². The van der Waals surface area contributed by atoms with Gasteiger partial charge in [-0.1, -0.05) is 0 Å². The molecule has 1 rings (SSSR count). The van der Waals surface area contributed by atoms with E-state index in [0.717, 1.165) is 0 Å². The van der Waals surface area contributed by atoms with Gasteiger partial charge in [0.2, 0.25) is 0 Å². The lowest BCUT2D eigenvalue weighted by molar-refractivity contribution is -0.148. The molecule has 1 unspecified atom stereocenters. The van der Waals surface area contributed by atoms with Gasteiger partial charge in [-0.3, -0.25) is 4.79 Å². The van der Waals surface area contributed by atoms with Crippen LogP contribution in [-0.4, -0.2) is 36.9 Å². The summed E-state index contributed by atoms with van der Waals surface area (Å²) in [5.74, 6) is -7.25. The molecule has 1 aliphatic heterocycles. The van der Waals surface area contributed by atoms with E-state index < -0.39 is 39.8 Å². The number of carboxylic acids is 1. The minimum atomic E-state index is -3.42. The lowest BCUT2D eigenvalue weighted by Gasteiger charge is -2.19. The Balaban J connectivity index is 2.71. The van der Waals surface area contributed by atoms with Gasteiger partial charge in [0.15, 0.2) is 9.84 Å². The first kappa shape index (κ1) is 11.4. The molecule has 0 spiro atoms. The van der Waals surface area contributed by atoms with Gasteiger partial charge >= 0.3 is 5.97 Å². The van der Waals surface area contributed by atoms with E-state index in [-0.39, 0.29) is 12.2 Å². The fourth-order valence-corrected chi connectivity index (χ4v) is 3.31. The third kappa shape index (κ3) is 2.63. The van der Waals surface area contributed by atoms with Crippen LogP contribution in [0.25, 0.3) is 0 Å². The van der Waals surface area contributed by atoms with Crippen LogP contribution < -0.4 is 0 Å². The summed E-state index contributed by atoms with van der Waals surface area (Å²) in [6, 6.07) is 0. The second-order valence-electron chi connectivity index (χ2n) is 3.43. The number of halogens is 2. The van der Waals surface area contributed by atoms with Crippen LogP contribution in [0, 0.1) is 5.92 Å². The molecule has 0 aliphatic carbocycles. The van der Waals surface area contributed by atoms with E-state index in [9.17, 15) is 22.0 Å². The first-order chi connectivity index (χ1) is 6.23. The van der Waals surface area contributed by atoms with Crippen molar-refractivity contribution in [3.8, 4) is 0 Å². The lowest BCUT2D eigenvalue weighted by atomic mass is 9.98. The van der Waals surface area contributed by atoms with Crippen molar-refractivity contribution in [1.82, 2.24) is 0 Å². The van der Waals surface area contributed by atoms with Crippen LogP contribution in [0.3, 0.4) is 0 Å². The summed E-state index contributed by atoms with van der Waals surface area (Å²) in [6.45, 7) is 0. The van der Waals surface area contributed by atoms with Gasteiger partial charge in [-0.2, -0.15) is 0 Å². The zero-order chi connectivity index (χ0) is 11.0. The normalized spacial score (nSPS) is 26.3. The van der Waals surface area contributed by atoms with Crippen molar-refractivity contribution in [2.24, 2.45) is 5.92 Å². The Hall–Kier alpha value is -0.720. The zero-order valence-electron chi connectivity index (χ0n) is 7.24. The van der Waals surface area contributed by atoms with Crippen LogP contribution in [0.1, 0.15) is 12.8 Å². The van der Waals surface area contributed by atoms with Crippen LogP contribution in [0.15, 0.2) is 0 Å². The first-order valence-electron chi connectivity index (χ1n) is 4.03. The number of alkyl halides is 2. The Labute approximate surface area is 79.8 Å². The summed E-state index contributed by atoms with van der Waals surface area (Å²) in [7, 11) is -3.39. The molecule has 0 bridgehead atoms. The number of carbonyl (C=O) groups is 1. The molecule has 1 fully saturated rings. The highest BCUT2D eigenvalue weighted by Gasteiger charge is 2.47. The molecule has 1 aliphatic rings. The van der Waals surface area contributed by atoms with Gasteiger partial charge < -0.3 is 5.11 Å². The van der Waals surface area contributed by atoms with Gasteiger partial charge in [-0.15, -0.1) is 0 Å². The van der Waals surface area contributed by atoms with E-state index in [1.54, 1.807) is 0 Å². The van der Waals surface area contributed by atoms with Crippen LogP contribution in [0.2, 0.25) is 0 Å². The Kier molecular flexibility index (Phi) is 2.80. The van der Waals surface area contributed by atoms with E-state index in [2.05, 4.69) is 0 Å². The number of hydrogen-bond acceptors (Lipinski definition) is 3. The molecule has 0 saturated carbocycles. The Morgan fingerprint density at radius 2 is 2.07 bits per heavy atom. The van der Waals surface area contributed by atoms with E-state index in [1.807, 2.05) is 0 Å². The van der Waals surface area contributed by atoms with Gasteiger partial charge in [0.1, 0.15) is 6.42 Å². The number of hydrogen-bond donors (Lipinski definition) is 1. The molecule has 0 radical (unpaired) electrons. The molecular weight excluding hydrogens is 218 g/mol. The highest BCUT2D eigenvalue weighted by Crippen LogP contribution is 2.36. The van der Waals surface area contributed by atoms with Gasteiger partial charge in [0, 0.05) is 5.92 Å². The highest BCUT2D eigenvalue weighted by molar-refractivity contribution is 7.91. The molecule has 82 valence electrons. The first-order valence-corrected chi connectivity index (χ1v) is 5.85. The number of rotatable bonds is 3. The average molecular weight is 228 g/mol. The van der Waals surface area contributed by atoms with E-state index >= 15 is 0 Å². The topological polar surface area (TPSA) is 71.4 Å². The summed E-state index contributed by atoms with van der Waals surface area (Å²) in [5.41, 5.74) is 0. The quantitative estimate of drug-likeness (QED) is 0.764. The SMILES string of the molecule is O=C(O)CC(F)(F)C1CCS(=O)(=O)C1. The largest absolute Gasteiger partial charge is 0.481 e. The van der Waals surface area contributed by atoms with Crippen molar-refractivity contribution in [1.29, 1.82) is 0 Å². The molecular formula is C7H10F2O4S.